The zero-order valence-corrected chi connectivity index (χ0v) is 13.4. The van der Waals surface area contributed by atoms with Gasteiger partial charge in [-0.3, -0.25) is 19.9 Å². The number of amides is 1. The summed E-state index contributed by atoms with van der Waals surface area (Å²) in [7, 11) is 1.64. The normalized spacial score (nSPS) is 10.2. The molecule has 2 rings (SSSR count). The standard InChI is InChI=1S/C14H12IN3O3/c1-17(9-10-4-2-3-7-16-10)14(19)12-8-11(18(20)21)5-6-13(12)15/h2-8H,9H2,1H3. The fourth-order valence-electron chi connectivity index (χ4n) is 1.80. The fraction of sp³-hybridized carbons (Fsp3) is 0.143. The Kier molecular flexibility index (Phi) is 4.84. The van der Waals surface area contributed by atoms with Crippen molar-refractivity contribution in [2.45, 2.75) is 6.54 Å². The average molecular weight is 397 g/mol. The highest BCUT2D eigenvalue weighted by atomic mass is 127. The SMILES string of the molecule is CN(Cc1ccccn1)C(=O)c1cc([N+](=O)[O-])ccc1I. The van der Waals surface area contributed by atoms with Crippen LogP contribution < -0.4 is 0 Å². The number of rotatable bonds is 4. The number of halogens is 1. The number of nitrogens with zero attached hydrogens (tertiary/aromatic N) is 3. The van der Waals surface area contributed by atoms with Crippen molar-refractivity contribution in [3.63, 3.8) is 0 Å². The van der Waals surface area contributed by atoms with Crippen molar-refractivity contribution in [1.29, 1.82) is 0 Å². The Labute approximate surface area is 135 Å². The third-order valence-electron chi connectivity index (χ3n) is 2.86. The summed E-state index contributed by atoms with van der Waals surface area (Å²) in [6.07, 6.45) is 1.66. The maximum atomic E-state index is 12.4. The Morgan fingerprint density at radius 2 is 2.14 bits per heavy atom. The van der Waals surface area contributed by atoms with Crippen molar-refractivity contribution in [3.05, 3.63) is 67.5 Å². The third-order valence-corrected chi connectivity index (χ3v) is 3.80. The highest BCUT2D eigenvalue weighted by Gasteiger charge is 2.19. The van der Waals surface area contributed by atoms with Crippen LogP contribution in [0.1, 0.15) is 16.1 Å². The topological polar surface area (TPSA) is 76.3 Å². The fourth-order valence-corrected chi connectivity index (χ4v) is 2.37. The number of nitro groups is 1. The summed E-state index contributed by atoms with van der Waals surface area (Å²) < 4.78 is 0.677. The van der Waals surface area contributed by atoms with E-state index >= 15 is 0 Å². The van der Waals surface area contributed by atoms with E-state index in [-0.39, 0.29) is 11.6 Å². The van der Waals surface area contributed by atoms with E-state index in [9.17, 15) is 14.9 Å². The Hall–Kier alpha value is -2.03. The van der Waals surface area contributed by atoms with E-state index in [1.54, 1.807) is 25.4 Å². The van der Waals surface area contributed by atoms with Gasteiger partial charge in [0, 0.05) is 28.9 Å². The highest BCUT2D eigenvalue weighted by molar-refractivity contribution is 14.1. The lowest BCUT2D eigenvalue weighted by Crippen LogP contribution is -2.27. The number of carbonyl (C=O) groups is 1. The first kappa shape index (κ1) is 15.4. The molecule has 0 fully saturated rings. The summed E-state index contributed by atoms with van der Waals surface area (Å²) in [5.41, 5.74) is 0.988. The van der Waals surface area contributed by atoms with Crippen molar-refractivity contribution in [1.82, 2.24) is 9.88 Å². The molecule has 0 aliphatic carbocycles. The molecule has 1 amide bonds. The first-order valence-electron chi connectivity index (χ1n) is 6.08. The Bertz CT molecular complexity index is 676. The average Bonchev–Trinajstić information content (AvgIpc) is 2.47. The zero-order valence-electron chi connectivity index (χ0n) is 11.2. The first-order chi connectivity index (χ1) is 9.99. The molecule has 2 aromatic rings. The van der Waals surface area contributed by atoms with Crippen molar-refractivity contribution >= 4 is 34.2 Å². The number of non-ortho nitro benzene ring substituents is 1. The number of hydrogen-bond acceptors (Lipinski definition) is 4. The number of carbonyl (C=O) groups excluding carboxylic acids is 1. The van der Waals surface area contributed by atoms with Crippen LogP contribution in [-0.4, -0.2) is 27.8 Å². The van der Waals surface area contributed by atoms with Crippen LogP contribution >= 0.6 is 22.6 Å². The largest absolute Gasteiger partial charge is 0.336 e. The summed E-state index contributed by atoms with van der Waals surface area (Å²) in [5, 5.41) is 10.8. The second kappa shape index (κ2) is 6.61. The van der Waals surface area contributed by atoms with Gasteiger partial charge in [-0.25, -0.2) is 0 Å². The molecule has 0 N–H and O–H groups in total. The second-order valence-corrected chi connectivity index (χ2v) is 5.57. The summed E-state index contributed by atoms with van der Waals surface area (Å²) in [6, 6.07) is 9.73. The van der Waals surface area contributed by atoms with Gasteiger partial charge in [-0.1, -0.05) is 6.07 Å². The number of nitro benzene ring substituents is 1. The number of pyridine rings is 1. The smallest absolute Gasteiger partial charge is 0.270 e. The van der Waals surface area contributed by atoms with E-state index < -0.39 is 4.92 Å². The summed E-state index contributed by atoms with van der Waals surface area (Å²) >= 11 is 1.99. The van der Waals surface area contributed by atoms with E-state index in [1.165, 1.54) is 17.0 Å². The molecule has 7 heteroatoms. The minimum Gasteiger partial charge on any atom is -0.336 e. The molecule has 0 saturated carbocycles. The molecule has 1 aromatic heterocycles. The quantitative estimate of drug-likeness (QED) is 0.452. The van der Waals surface area contributed by atoms with E-state index in [4.69, 9.17) is 0 Å². The van der Waals surface area contributed by atoms with Gasteiger partial charge in [0.25, 0.3) is 11.6 Å². The molecule has 21 heavy (non-hydrogen) atoms. The molecule has 0 bridgehead atoms. The lowest BCUT2D eigenvalue weighted by atomic mass is 10.1. The van der Waals surface area contributed by atoms with Gasteiger partial charge >= 0.3 is 0 Å². The van der Waals surface area contributed by atoms with Crippen LogP contribution in [0.5, 0.6) is 0 Å². The molecule has 0 unspecified atom stereocenters. The van der Waals surface area contributed by atoms with Crippen LogP contribution in [0.15, 0.2) is 42.6 Å². The maximum Gasteiger partial charge on any atom is 0.270 e. The van der Waals surface area contributed by atoms with Crippen molar-refractivity contribution in [2.75, 3.05) is 7.05 Å². The van der Waals surface area contributed by atoms with Gasteiger partial charge in [0.15, 0.2) is 0 Å². The first-order valence-corrected chi connectivity index (χ1v) is 7.16. The molecular formula is C14H12IN3O3. The van der Waals surface area contributed by atoms with Gasteiger partial charge in [0.1, 0.15) is 0 Å². The molecule has 0 aliphatic rings. The van der Waals surface area contributed by atoms with Gasteiger partial charge in [-0.15, -0.1) is 0 Å². The number of benzene rings is 1. The van der Waals surface area contributed by atoms with Crippen LogP contribution in [0.3, 0.4) is 0 Å². The van der Waals surface area contributed by atoms with Gasteiger partial charge in [0.05, 0.1) is 22.7 Å². The summed E-state index contributed by atoms with van der Waals surface area (Å²) in [4.78, 5) is 28.4. The van der Waals surface area contributed by atoms with Gasteiger partial charge in [-0.2, -0.15) is 0 Å². The molecule has 6 nitrogen and oxygen atoms in total. The monoisotopic (exact) mass is 397 g/mol. The number of hydrogen-bond donors (Lipinski definition) is 0. The number of aromatic nitrogens is 1. The molecule has 0 saturated heterocycles. The molecule has 1 heterocycles. The molecule has 108 valence electrons. The van der Waals surface area contributed by atoms with Gasteiger partial charge < -0.3 is 4.90 Å². The van der Waals surface area contributed by atoms with Gasteiger partial charge in [-0.05, 0) is 40.8 Å². The van der Waals surface area contributed by atoms with Crippen LogP contribution in [0.25, 0.3) is 0 Å². The zero-order chi connectivity index (χ0) is 15.4. The molecule has 1 aromatic carbocycles. The molecular weight excluding hydrogens is 385 g/mol. The molecule has 0 aliphatic heterocycles. The van der Waals surface area contributed by atoms with Crippen LogP contribution in [0.4, 0.5) is 5.69 Å². The van der Waals surface area contributed by atoms with E-state index in [2.05, 4.69) is 4.98 Å². The predicted octanol–water partition coefficient (Wildman–Crippen LogP) is 2.87. The lowest BCUT2D eigenvalue weighted by Gasteiger charge is -2.17. The molecule has 0 radical (unpaired) electrons. The molecule has 0 spiro atoms. The lowest BCUT2D eigenvalue weighted by molar-refractivity contribution is -0.384. The third kappa shape index (κ3) is 3.75. The predicted molar refractivity (Wildman–Crippen MR) is 85.8 cm³/mol. The van der Waals surface area contributed by atoms with Crippen molar-refractivity contribution in [3.8, 4) is 0 Å². The van der Waals surface area contributed by atoms with E-state index in [0.717, 1.165) is 5.69 Å². The summed E-state index contributed by atoms with van der Waals surface area (Å²) in [6.45, 7) is 0.346. The maximum absolute atomic E-state index is 12.4. The Morgan fingerprint density at radius 1 is 1.38 bits per heavy atom. The minimum atomic E-state index is -0.508. The minimum absolute atomic E-state index is 0.0926. The second-order valence-electron chi connectivity index (χ2n) is 4.40. The van der Waals surface area contributed by atoms with Crippen LogP contribution in [-0.2, 0) is 6.54 Å². The van der Waals surface area contributed by atoms with Crippen LogP contribution in [0.2, 0.25) is 0 Å². The Balaban J connectivity index is 2.23. The van der Waals surface area contributed by atoms with E-state index in [1.807, 2.05) is 34.7 Å². The van der Waals surface area contributed by atoms with E-state index in [0.29, 0.717) is 15.7 Å². The van der Waals surface area contributed by atoms with Crippen LogP contribution in [0, 0.1) is 13.7 Å². The highest BCUT2D eigenvalue weighted by Crippen LogP contribution is 2.21. The summed E-state index contributed by atoms with van der Waals surface area (Å²) in [5.74, 6) is -0.270. The van der Waals surface area contributed by atoms with Crippen molar-refractivity contribution < 1.29 is 9.72 Å². The molecule has 0 atom stereocenters. The van der Waals surface area contributed by atoms with Gasteiger partial charge in [0.2, 0.25) is 0 Å². The van der Waals surface area contributed by atoms with Crippen molar-refractivity contribution in [2.24, 2.45) is 0 Å². The Morgan fingerprint density at radius 3 is 2.76 bits per heavy atom.